The number of aliphatic hydroxyl groups is 1. The molecule has 7 heteroatoms. The molecule has 1 unspecified atom stereocenters. The quantitative estimate of drug-likeness (QED) is 0.337. The van der Waals surface area contributed by atoms with Crippen molar-refractivity contribution in [2.75, 3.05) is 12.0 Å². The summed E-state index contributed by atoms with van der Waals surface area (Å²) in [6.45, 7) is 3.79. The number of aryl methyl sites for hydroxylation is 2. The highest BCUT2D eigenvalue weighted by Gasteiger charge is 2.47. The summed E-state index contributed by atoms with van der Waals surface area (Å²) in [5, 5.41) is 11.2. The number of carbonyl (C=O) groups is 2. The van der Waals surface area contributed by atoms with Crippen molar-refractivity contribution in [3.05, 3.63) is 100 Å². The van der Waals surface area contributed by atoms with Crippen molar-refractivity contribution in [1.82, 2.24) is 0 Å². The Morgan fingerprint density at radius 1 is 0.909 bits per heavy atom. The fraction of sp³-hybridized carbons (Fsp3) is 0.154. The van der Waals surface area contributed by atoms with Gasteiger partial charge in [-0.1, -0.05) is 18.2 Å². The van der Waals surface area contributed by atoms with Crippen molar-refractivity contribution in [1.29, 1.82) is 0 Å². The Balaban J connectivity index is 1.99. The second-order valence-electron chi connectivity index (χ2n) is 7.83. The largest absolute Gasteiger partial charge is 0.507 e. The minimum atomic E-state index is -1.05. The van der Waals surface area contributed by atoms with E-state index in [0.29, 0.717) is 11.3 Å². The predicted molar refractivity (Wildman–Crippen MR) is 120 cm³/mol. The van der Waals surface area contributed by atoms with Crippen LogP contribution < -0.4 is 9.64 Å². The number of ether oxygens (including phenoxy) is 1. The molecule has 1 aliphatic heterocycles. The maximum absolute atomic E-state index is 14.0. The van der Waals surface area contributed by atoms with Gasteiger partial charge < -0.3 is 9.84 Å². The lowest BCUT2D eigenvalue weighted by Gasteiger charge is -2.26. The third kappa shape index (κ3) is 3.86. The molecule has 1 aliphatic rings. The van der Waals surface area contributed by atoms with E-state index in [1.165, 1.54) is 42.3 Å². The van der Waals surface area contributed by atoms with Gasteiger partial charge in [0.15, 0.2) is 0 Å². The molecular weight excluding hydrogens is 428 g/mol. The highest BCUT2D eigenvalue weighted by molar-refractivity contribution is 6.51. The van der Waals surface area contributed by atoms with Crippen LogP contribution in [0.4, 0.5) is 14.5 Å². The minimum absolute atomic E-state index is 0.0669. The van der Waals surface area contributed by atoms with Gasteiger partial charge >= 0.3 is 0 Å². The van der Waals surface area contributed by atoms with E-state index in [1.54, 1.807) is 12.1 Å². The van der Waals surface area contributed by atoms with Gasteiger partial charge in [0.05, 0.1) is 24.3 Å². The smallest absolute Gasteiger partial charge is 0.300 e. The Morgan fingerprint density at radius 3 is 2.21 bits per heavy atom. The molecule has 0 bridgehead atoms. The van der Waals surface area contributed by atoms with E-state index in [2.05, 4.69) is 0 Å². The first-order chi connectivity index (χ1) is 15.7. The first kappa shape index (κ1) is 22.2. The van der Waals surface area contributed by atoms with Crippen LogP contribution in [0.25, 0.3) is 5.76 Å². The molecule has 0 aliphatic carbocycles. The zero-order valence-electron chi connectivity index (χ0n) is 18.2. The Bertz CT molecular complexity index is 1300. The van der Waals surface area contributed by atoms with Crippen LogP contribution in [-0.4, -0.2) is 23.9 Å². The summed E-state index contributed by atoms with van der Waals surface area (Å²) in [7, 11) is 1.34. The van der Waals surface area contributed by atoms with E-state index in [0.717, 1.165) is 23.3 Å². The van der Waals surface area contributed by atoms with Gasteiger partial charge in [-0.05, 0) is 73.0 Å². The van der Waals surface area contributed by atoms with Gasteiger partial charge in [-0.25, -0.2) is 8.78 Å². The summed E-state index contributed by atoms with van der Waals surface area (Å²) in [5.74, 6) is -3.39. The van der Waals surface area contributed by atoms with Crippen LogP contribution in [0.3, 0.4) is 0 Å². The molecule has 3 aromatic carbocycles. The fourth-order valence-corrected chi connectivity index (χ4v) is 3.95. The monoisotopic (exact) mass is 449 g/mol. The number of anilines is 1. The number of aliphatic hydroxyl groups excluding tert-OH is 1. The molecule has 168 valence electrons. The second kappa shape index (κ2) is 8.50. The molecule has 1 fully saturated rings. The standard InChI is InChI=1S/C26H21F2NO4/c1-14-4-10-19(12-15(14)2)29-23(16-5-7-17(27)8-6-16)22(25(31)26(29)32)24(30)20-13-18(28)9-11-21(20)33-3/h4-13,23,30H,1-3H3/b24-22+. The number of hydrogen-bond acceptors (Lipinski definition) is 4. The van der Waals surface area contributed by atoms with Crippen molar-refractivity contribution in [3.8, 4) is 5.75 Å². The van der Waals surface area contributed by atoms with Crippen LogP contribution >= 0.6 is 0 Å². The maximum Gasteiger partial charge on any atom is 0.300 e. The number of carbonyl (C=O) groups excluding carboxylic acids is 2. The fourth-order valence-electron chi connectivity index (χ4n) is 3.95. The van der Waals surface area contributed by atoms with Crippen LogP contribution in [0.1, 0.15) is 28.3 Å². The number of nitrogens with zero attached hydrogens (tertiary/aromatic N) is 1. The first-order valence-electron chi connectivity index (χ1n) is 10.2. The van der Waals surface area contributed by atoms with E-state index in [-0.39, 0.29) is 16.9 Å². The zero-order valence-corrected chi connectivity index (χ0v) is 18.2. The van der Waals surface area contributed by atoms with Gasteiger partial charge in [0.25, 0.3) is 11.7 Å². The summed E-state index contributed by atoms with van der Waals surface area (Å²) in [4.78, 5) is 27.6. The van der Waals surface area contributed by atoms with Crippen LogP contribution in [0.5, 0.6) is 5.75 Å². The van der Waals surface area contributed by atoms with Gasteiger partial charge in [-0.2, -0.15) is 0 Å². The topological polar surface area (TPSA) is 66.8 Å². The third-order valence-electron chi connectivity index (χ3n) is 5.82. The Morgan fingerprint density at radius 2 is 1.58 bits per heavy atom. The van der Waals surface area contributed by atoms with E-state index < -0.39 is 35.1 Å². The molecule has 0 radical (unpaired) electrons. The Labute approximate surface area is 189 Å². The highest BCUT2D eigenvalue weighted by atomic mass is 19.1. The van der Waals surface area contributed by atoms with Crippen molar-refractivity contribution in [2.24, 2.45) is 0 Å². The van der Waals surface area contributed by atoms with Crippen molar-refractivity contribution in [3.63, 3.8) is 0 Å². The predicted octanol–water partition coefficient (Wildman–Crippen LogP) is 5.22. The van der Waals surface area contributed by atoms with E-state index >= 15 is 0 Å². The number of benzene rings is 3. The average molecular weight is 449 g/mol. The summed E-state index contributed by atoms with van der Waals surface area (Å²) >= 11 is 0. The average Bonchev–Trinajstić information content (AvgIpc) is 3.06. The van der Waals surface area contributed by atoms with Crippen molar-refractivity contribution >= 4 is 23.1 Å². The third-order valence-corrected chi connectivity index (χ3v) is 5.82. The first-order valence-corrected chi connectivity index (χ1v) is 10.2. The molecule has 5 nitrogen and oxygen atoms in total. The van der Waals surface area contributed by atoms with Crippen LogP contribution in [0.15, 0.2) is 66.2 Å². The minimum Gasteiger partial charge on any atom is -0.507 e. The molecule has 4 rings (SSSR count). The van der Waals surface area contributed by atoms with Gasteiger partial charge in [0.2, 0.25) is 0 Å². The van der Waals surface area contributed by atoms with E-state index in [9.17, 15) is 23.5 Å². The SMILES string of the molecule is COc1ccc(F)cc1/C(O)=C1\C(=O)C(=O)N(c2ccc(C)c(C)c2)C1c1ccc(F)cc1. The normalized spacial score (nSPS) is 17.5. The van der Waals surface area contributed by atoms with E-state index in [4.69, 9.17) is 4.74 Å². The lowest BCUT2D eigenvalue weighted by atomic mass is 9.94. The molecule has 0 saturated carbocycles. The summed E-state index contributed by atoms with van der Waals surface area (Å²) < 4.78 is 32.9. The zero-order chi connectivity index (χ0) is 23.9. The second-order valence-corrected chi connectivity index (χ2v) is 7.83. The van der Waals surface area contributed by atoms with Crippen molar-refractivity contribution in [2.45, 2.75) is 19.9 Å². The molecule has 1 amide bonds. The Kier molecular flexibility index (Phi) is 5.72. The summed E-state index contributed by atoms with van der Waals surface area (Å²) in [5.41, 5.74) is 2.44. The summed E-state index contributed by atoms with van der Waals surface area (Å²) in [6.07, 6.45) is 0. The van der Waals surface area contributed by atoms with Gasteiger partial charge in [0.1, 0.15) is 23.1 Å². The molecule has 1 saturated heterocycles. The van der Waals surface area contributed by atoms with Crippen LogP contribution in [-0.2, 0) is 9.59 Å². The summed E-state index contributed by atoms with van der Waals surface area (Å²) in [6, 6.07) is 13.0. The molecule has 1 atom stereocenters. The number of hydrogen-bond donors (Lipinski definition) is 1. The lowest BCUT2D eigenvalue weighted by Crippen LogP contribution is -2.29. The van der Waals surface area contributed by atoms with Gasteiger partial charge in [0, 0.05) is 5.69 Å². The molecule has 1 N–H and O–H groups in total. The number of Topliss-reactive ketones (excluding diaryl/α,β-unsaturated/α-hetero) is 1. The Hall–Kier alpha value is -4.00. The number of rotatable bonds is 4. The molecule has 0 aromatic heterocycles. The van der Waals surface area contributed by atoms with Crippen LogP contribution in [0.2, 0.25) is 0 Å². The van der Waals surface area contributed by atoms with Gasteiger partial charge in [-0.3, -0.25) is 14.5 Å². The maximum atomic E-state index is 14.0. The number of ketones is 1. The molecule has 33 heavy (non-hydrogen) atoms. The molecular formula is C26H21F2NO4. The highest BCUT2D eigenvalue weighted by Crippen LogP contribution is 2.43. The van der Waals surface area contributed by atoms with Crippen LogP contribution in [0, 0.1) is 25.5 Å². The molecule has 3 aromatic rings. The van der Waals surface area contributed by atoms with Crippen molar-refractivity contribution < 1.29 is 28.2 Å². The number of halogens is 2. The number of methoxy groups -OCH3 is 1. The van der Waals surface area contributed by atoms with Gasteiger partial charge in [-0.15, -0.1) is 0 Å². The molecule has 1 heterocycles. The van der Waals surface area contributed by atoms with E-state index in [1.807, 2.05) is 19.9 Å². The lowest BCUT2D eigenvalue weighted by molar-refractivity contribution is -0.132. The molecule has 0 spiro atoms. The number of amides is 1.